The Morgan fingerprint density at radius 1 is 1.12 bits per heavy atom. The molecule has 1 saturated carbocycles. The number of hydrogen-bond donors (Lipinski definition) is 3. The third kappa shape index (κ3) is 5.18. The number of rotatable bonds is 8. The van der Waals surface area contributed by atoms with Crippen molar-refractivity contribution in [1.82, 2.24) is 4.57 Å². The average molecular weight is 588 g/mol. The van der Waals surface area contributed by atoms with Crippen LogP contribution in [0.1, 0.15) is 25.3 Å². The van der Waals surface area contributed by atoms with E-state index in [9.17, 15) is 29.0 Å². The summed E-state index contributed by atoms with van der Waals surface area (Å²) in [6, 6.07) is 6.44. The molecule has 1 amide bonds. The number of nitrogens with zero attached hydrogens (tertiary/aromatic N) is 3. The van der Waals surface area contributed by atoms with Crippen LogP contribution in [0.5, 0.6) is 11.5 Å². The van der Waals surface area contributed by atoms with Crippen molar-refractivity contribution in [2.45, 2.75) is 37.0 Å². The van der Waals surface area contributed by atoms with Crippen LogP contribution in [0.15, 0.2) is 41.3 Å². The molecule has 1 aliphatic carbocycles. The van der Waals surface area contributed by atoms with Gasteiger partial charge in [0.2, 0.25) is 5.43 Å². The quantitative estimate of drug-likeness (QED) is 0.336. The number of ether oxygens (including phenoxy) is 3. The van der Waals surface area contributed by atoms with Crippen LogP contribution in [0, 0.1) is 11.6 Å². The summed E-state index contributed by atoms with van der Waals surface area (Å²) in [5.41, 5.74) is -1.41. The number of carbonyl (C=O) groups is 2. The van der Waals surface area contributed by atoms with Gasteiger partial charge in [-0.15, -0.1) is 0 Å². The number of anilines is 2. The van der Waals surface area contributed by atoms with Crippen LogP contribution in [-0.4, -0.2) is 76.7 Å². The molecule has 2 saturated heterocycles. The first-order valence-electron chi connectivity index (χ1n) is 13.3. The molecule has 0 unspecified atom stereocenters. The Kier molecular flexibility index (Phi) is 6.89. The largest absolute Gasteiger partial charge is 0.511 e. The molecule has 222 valence electrons. The zero-order chi connectivity index (χ0) is 29.8. The molecule has 14 heteroatoms. The average Bonchev–Trinajstić information content (AvgIpc) is 3.62. The summed E-state index contributed by atoms with van der Waals surface area (Å²) in [6.45, 7) is -0.362. The number of hydrogen-bond acceptors (Lipinski definition) is 9. The molecule has 2 aliphatic heterocycles. The number of cyclic esters (lactones) is 1. The summed E-state index contributed by atoms with van der Waals surface area (Å²) < 4.78 is 47.1. The van der Waals surface area contributed by atoms with Gasteiger partial charge in [0.1, 0.15) is 24.1 Å². The van der Waals surface area contributed by atoms with Crippen molar-refractivity contribution in [3.8, 4) is 11.5 Å². The SMILES string of the molecule is O=C(O)Oc1cn(C2CC2)c2cc(N3CC[C@@](O)(COc4ccc(N5C[C@H](CO)OC5=O)cc4F)C3)c(F)cc2c1=O. The number of β-amino-alcohol motifs (C(OH)–C–C–N with tert-alkyl or cyclic N) is 1. The predicted molar refractivity (Wildman–Crippen MR) is 143 cm³/mol. The van der Waals surface area contributed by atoms with Gasteiger partial charge in [-0.1, -0.05) is 0 Å². The third-order valence-electron chi connectivity index (χ3n) is 7.68. The van der Waals surface area contributed by atoms with Crippen molar-refractivity contribution >= 4 is 34.5 Å². The normalized spacial score (nSPS) is 22.1. The van der Waals surface area contributed by atoms with Gasteiger partial charge < -0.3 is 39.0 Å². The fourth-order valence-electron chi connectivity index (χ4n) is 5.39. The fraction of sp³-hybridized carbons (Fsp3) is 0.393. The summed E-state index contributed by atoms with van der Waals surface area (Å²) in [5.74, 6) is -2.06. The molecule has 3 fully saturated rings. The first-order valence-corrected chi connectivity index (χ1v) is 13.3. The Labute approximate surface area is 236 Å². The zero-order valence-electron chi connectivity index (χ0n) is 22.2. The molecule has 0 bridgehead atoms. The van der Waals surface area contributed by atoms with E-state index in [2.05, 4.69) is 4.74 Å². The van der Waals surface area contributed by atoms with E-state index in [4.69, 9.17) is 14.6 Å². The summed E-state index contributed by atoms with van der Waals surface area (Å²) in [6.07, 6.45) is 0.0750. The van der Waals surface area contributed by atoms with E-state index in [-0.39, 0.29) is 67.8 Å². The van der Waals surface area contributed by atoms with E-state index in [0.29, 0.717) is 5.52 Å². The lowest BCUT2D eigenvalue weighted by atomic mass is 10.1. The van der Waals surface area contributed by atoms with E-state index in [1.54, 1.807) is 9.47 Å². The molecule has 1 aromatic heterocycles. The van der Waals surface area contributed by atoms with E-state index in [1.807, 2.05) is 0 Å². The topological polar surface area (TPSA) is 151 Å². The number of fused-ring (bicyclic) bond motifs is 1. The molecular formula is C28H27F2N3O9. The Morgan fingerprint density at radius 2 is 1.90 bits per heavy atom. The van der Waals surface area contributed by atoms with Gasteiger partial charge >= 0.3 is 12.2 Å². The highest BCUT2D eigenvalue weighted by Gasteiger charge is 2.39. The number of aliphatic hydroxyl groups is 2. The van der Waals surface area contributed by atoms with Gasteiger partial charge in [0.05, 0.1) is 48.2 Å². The number of carboxylic acid groups (broad SMARTS) is 1. The Morgan fingerprint density at radius 3 is 2.57 bits per heavy atom. The van der Waals surface area contributed by atoms with Gasteiger partial charge in [0.25, 0.3) is 0 Å². The van der Waals surface area contributed by atoms with Crippen LogP contribution in [0.3, 0.4) is 0 Å². The number of aliphatic hydroxyl groups excluding tert-OH is 1. The van der Waals surface area contributed by atoms with Crippen LogP contribution < -0.4 is 24.7 Å². The number of amides is 1. The summed E-state index contributed by atoms with van der Waals surface area (Å²) in [5, 5.41) is 29.3. The highest BCUT2D eigenvalue weighted by Crippen LogP contribution is 2.40. The Hall–Kier alpha value is -4.43. The van der Waals surface area contributed by atoms with Gasteiger partial charge in [-0.25, -0.2) is 18.4 Å². The second-order valence-electron chi connectivity index (χ2n) is 10.7. The molecule has 0 spiro atoms. The van der Waals surface area contributed by atoms with E-state index in [0.717, 1.165) is 25.0 Å². The molecule has 3 N–H and O–H groups in total. The summed E-state index contributed by atoms with van der Waals surface area (Å²) >= 11 is 0. The lowest BCUT2D eigenvalue weighted by Gasteiger charge is -2.25. The highest BCUT2D eigenvalue weighted by atomic mass is 19.1. The highest BCUT2D eigenvalue weighted by molar-refractivity contribution is 5.90. The molecular weight excluding hydrogens is 560 g/mol. The van der Waals surface area contributed by atoms with Gasteiger partial charge in [0, 0.05) is 18.7 Å². The lowest BCUT2D eigenvalue weighted by Crippen LogP contribution is -2.39. The second kappa shape index (κ2) is 10.4. The molecule has 3 heterocycles. The zero-order valence-corrected chi connectivity index (χ0v) is 22.2. The smallest absolute Gasteiger partial charge is 0.487 e. The van der Waals surface area contributed by atoms with Crippen LogP contribution in [0.2, 0.25) is 0 Å². The number of benzene rings is 2. The standard InChI is InChI=1S/C28H27F2N3O9/c29-19-8-18-21(32(15-1-2-15)11-24(25(18)35)42-27(37)38)9-22(19)31-6-5-28(39,13-31)14-40-23-4-3-16(7-20(23)30)33-10-17(12-34)41-26(33)36/h3-4,7-9,11,15,17,34,39H,1-2,5-6,10,12-14H2,(H,37,38)/t17-,28+/m1/s1. The minimum Gasteiger partial charge on any atom is -0.487 e. The van der Waals surface area contributed by atoms with E-state index in [1.165, 1.54) is 29.3 Å². The van der Waals surface area contributed by atoms with Gasteiger partial charge in [0.15, 0.2) is 17.3 Å². The van der Waals surface area contributed by atoms with Crippen molar-refractivity contribution < 1.29 is 47.9 Å². The van der Waals surface area contributed by atoms with Crippen molar-refractivity contribution in [2.24, 2.45) is 0 Å². The van der Waals surface area contributed by atoms with Gasteiger partial charge in [-0.2, -0.15) is 0 Å². The molecule has 6 rings (SSSR count). The predicted octanol–water partition coefficient (Wildman–Crippen LogP) is 3.01. The minimum absolute atomic E-state index is 0.0139. The molecule has 2 atom stereocenters. The Bertz CT molecular complexity index is 1640. The number of carbonyl (C=O) groups excluding carboxylic acids is 1. The number of pyridine rings is 1. The van der Waals surface area contributed by atoms with Crippen LogP contribution >= 0.6 is 0 Å². The molecule has 3 aliphatic rings. The first kappa shape index (κ1) is 27.7. The summed E-state index contributed by atoms with van der Waals surface area (Å²) in [7, 11) is 0. The maximum Gasteiger partial charge on any atom is 0.511 e. The fourth-order valence-corrected chi connectivity index (χ4v) is 5.39. The molecule has 2 aromatic carbocycles. The van der Waals surface area contributed by atoms with Crippen molar-refractivity contribution in [2.75, 3.05) is 42.6 Å². The van der Waals surface area contributed by atoms with E-state index < -0.39 is 46.8 Å². The second-order valence-corrected chi connectivity index (χ2v) is 10.7. The maximum atomic E-state index is 15.3. The van der Waals surface area contributed by atoms with Crippen LogP contribution in [0.25, 0.3) is 10.9 Å². The lowest BCUT2D eigenvalue weighted by molar-refractivity contribution is 0.0133. The van der Waals surface area contributed by atoms with Crippen molar-refractivity contribution in [1.29, 1.82) is 0 Å². The molecule has 3 aromatic rings. The van der Waals surface area contributed by atoms with Crippen molar-refractivity contribution in [3.05, 3.63) is 58.4 Å². The van der Waals surface area contributed by atoms with E-state index >= 15 is 4.39 Å². The van der Waals surface area contributed by atoms with Gasteiger partial charge in [-0.3, -0.25) is 9.69 Å². The van der Waals surface area contributed by atoms with Crippen LogP contribution in [0.4, 0.5) is 29.7 Å². The monoisotopic (exact) mass is 587 g/mol. The Balaban J connectivity index is 1.19. The minimum atomic E-state index is -1.65. The third-order valence-corrected chi connectivity index (χ3v) is 7.68. The maximum absolute atomic E-state index is 15.3. The first-order chi connectivity index (χ1) is 20.0. The summed E-state index contributed by atoms with van der Waals surface area (Å²) in [4.78, 5) is 38.7. The molecule has 42 heavy (non-hydrogen) atoms. The molecule has 12 nitrogen and oxygen atoms in total. The molecule has 0 radical (unpaired) electrons. The number of aromatic nitrogens is 1. The van der Waals surface area contributed by atoms with Gasteiger partial charge in [-0.05, 0) is 43.5 Å². The van der Waals surface area contributed by atoms with Crippen LogP contribution in [-0.2, 0) is 4.74 Å². The van der Waals surface area contributed by atoms with Crippen molar-refractivity contribution in [3.63, 3.8) is 0 Å². The number of halogens is 2.